The van der Waals surface area contributed by atoms with Crippen LogP contribution in [0.5, 0.6) is 0 Å². The van der Waals surface area contributed by atoms with Crippen molar-refractivity contribution in [1.29, 1.82) is 0 Å². The molecule has 0 aliphatic carbocycles. The molecule has 0 bridgehead atoms. The lowest BCUT2D eigenvalue weighted by Gasteiger charge is -2.20. The lowest BCUT2D eigenvalue weighted by molar-refractivity contribution is -0.121. The summed E-state index contributed by atoms with van der Waals surface area (Å²) in [6.07, 6.45) is 2.55. The first kappa shape index (κ1) is 16.5. The van der Waals surface area contributed by atoms with Gasteiger partial charge in [0.25, 0.3) is 0 Å². The van der Waals surface area contributed by atoms with Gasteiger partial charge in [-0.25, -0.2) is 0 Å². The molecule has 0 fully saturated rings. The van der Waals surface area contributed by atoms with E-state index < -0.39 is 6.10 Å². The van der Waals surface area contributed by atoms with Crippen LogP contribution in [0.15, 0.2) is 12.1 Å². The predicted octanol–water partition coefficient (Wildman–Crippen LogP) is 3.25. The minimum Gasteiger partial charge on any atom is -0.391 e. The van der Waals surface area contributed by atoms with Crippen molar-refractivity contribution in [1.82, 2.24) is 5.32 Å². The third kappa shape index (κ3) is 5.93. The molecule has 108 valence electrons. The maximum absolute atomic E-state index is 11.7. The van der Waals surface area contributed by atoms with E-state index in [2.05, 4.69) is 19.2 Å². The monoisotopic (exact) mass is 303 g/mol. The number of aliphatic hydroxyl groups is 1. The molecule has 3 nitrogen and oxygen atoms in total. The highest BCUT2D eigenvalue weighted by Crippen LogP contribution is 2.22. The van der Waals surface area contributed by atoms with E-state index in [9.17, 15) is 9.90 Å². The molecule has 0 saturated heterocycles. The number of rotatable bonds is 8. The fourth-order valence-electron chi connectivity index (χ4n) is 2.03. The second-order valence-electron chi connectivity index (χ2n) is 4.65. The Kier molecular flexibility index (Phi) is 7.42. The number of halogens is 1. The minimum absolute atomic E-state index is 0.0190. The molecule has 0 saturated carbocycles. The van der Waals surface area contributed by atoms with Crippen LogP contribution in [-0.2, 0) is 11.2 Å². The average Bonchev–Trinajstić information content (AvgIpc) is 2.81. The summed E-state index contributed by atoms with van der Waals surface area (Å²) in [6, 6.07) is 3.79. The van der Waals surface area contributed by atoms with Gasteiger partial charge < -0.3 is 10.4 Å². The van der Waals surface area contributed by atoms with Crippen molar-refractivity contribution in [3.63, 3.8) is 0 Å². The number of aliphatic hydroxyl groups excluding tert-OH is 1. The lowest BCUT2D eigenvalue weighted by atomic mass is 9.96. The number of carbonyl (C=O) groups excluding carboxylic acids is 1. The van der Waals surface area contributed by atoms with Crippen LogP contribution in [-0.4, -0.2) is 23.7 Å². The molecule has 0 radical (unpaired) electrons. The van der Waals surface area contributed by atoms with Gasteiger partial charge in [0.2, 0.25) is 5.91 Å². The number of aryl methyl sites for hydroxylation is 1. The SMILES string of the molecule is CCC(CC)C(O)CNC(=O)CCc1ccc(Cl)s1. The van der Waals surface area contributed by atoms with Crippen LogP contribution in [0.4, 0.5) is 0 Å². The number of hydrogen-bond donors (Lipinski definition) is 2. The zero-order valence-corrected chi connectivity index (χ0v) is 13.1. The second kappa shape index (κ2) is 8.56. The summed E-state index contributed by atoms with van der Waals surface area (Å²) in [4.78, 5) is 12.8. The van der Waals surface area contributed by atoms with Gasteiger partial charge in [0.15, 0.2) is 0 Å². The highest BCUT2D eigenvalue weighted by molar-refractivity contribution is 7.16. The van der Waals surface area contributed by atoms with Gasteiger partial charge in [-0.05, 0) is 24.5 Å². The Hall–Kier alpha value is -0.580. The van der Waals surface area contributed by atoms with Gasteiger partial charge in [-0.3, -0.25) is 4.79 Å². The first-order valence-electron chi connectivity index (χ1n) is 6.75. The van der Waals surface area contributed by atoms with E-state index in [1.807, 2.05) is 12.1 Å². The molecule has 1 aromatic rings. The number of thiophene rings is 1. The van der Waals surface area contributed by atoms with Gasteiger partial charge >= 0.3 is 0 Å². The van der Waals surface area contributed by atoms with Crippen LogP contribution in [0.3, 0.4) is 0 Å². The van der Waals surface area contributed by atoms with Crippen molar-refractivity contribution >= 4 is 28.8 Å². The molecule has 1 rings (SSSR count). The van der Waals surface area contributed by atoms with Crippen molar-refractivity contribution in [2.45, 2.75) is 45.6 Å². The summed E-state index contributed by atoms with van der Waals surface area (Å²) < 4.78 is 0.750. The Morgan fingerprint density at radius 3 is 2.63 bits per heavy atom. The Morgan fingerprint density at radius 1 is 1.42 bits per heavy atom. The molecular formula is C14H22ClNO2S. The van der Waals surface area contributed by atoms with Gasteiger partial charge in [-0.2, -0.15) is 0 Å². The minimum atomic E-state index is -0.449. The zero-order valence-electron chi connectivity index (χ0n) is 11.5. The average molecular weight is 304 g/mol. The molecule has 0 aliphatic rings. The van der Waals surface area contributed by atoms with Crippen LogP contribution >= 0.6 is 22.9 Å². The van der Waals surface area contributed by atoms with E-state index in [1.165, 1.54) is 11.3 Å². The number of nitrogens with one attached hydrogen (secondary N) is 1. The smallest absolute Gasteiger partial charge is 0.220 e. The third-order valence-electron chi connectivity index (χ3n) is 3.33. The molecule has 0 aromatic carbocycles. The fourth-order valence-corrected chi connectivity index (χ4v) is 3.12. The van der Waals surface area contributed by atoms with Gasteiger partial charge in [-0.15, -0.1) is 11.3 Å². The molecule has 0 aliphatic heterocycles. The van der Waals surface area contributed by atoms with Crippen LogP contribution in [0.2, 0.25) is 4.34 Å². The Morgan fingerprint density at radius 2 is 2.11 bits per heavy atom. The molecule has 1 amide bonds. The summed E-state index contributed by atoms with van der Waals surface area (Å²) in [7, 11) is 0. The summed E-state index contributed by atoms with van der Waals surface area (Å²) in [5, 5.41) is 12.7. The standard InChI is InChI=1S/C14H22ClNO2S/c1-3-10(4-2)12(17)9-16-14(18)8-6-11-5-7-13(15)19-11/h5,7,10,12,17H,3-4,6,8-9H2,1-2H3,(H,16,18). The van der Waals surface area contributed by atoms with E-state index in [0.29, 0.717) is 19.4 Å². The van der Waals surface area contributed by atoms with Gasteiger partial charge in [0.1, 0.15) is 0 Å². The molecule has 1 unspecified atom stereocenters. The molecule has 2 N–H and O–H groups in total. The van der Waals surface area contributed by atoms with Crippen molar-refractivity contribution in [2.24, 2.45) is 5.92 Å². The van der Waals surface area contributed by atoms with Gasteiger partial charge in [0, 0.05) is 17.8 Å². The number of amides is 1. The van der Waals surface area contributed by atoms with Crippen LogP contribution in [0.25, 0.3) is 0 Å². The van der Waals surface area contributed by atoms with Crippen LogP contribution in [0.1, 0.15) is 38.0 Å². The molecular weight excluding hydrogens is 282 g/mol. The molecule has 1 atom stereocenters. The van der Waals surface area contributed by atoms with Crippen molar-refractivity contribution in [2.75, 3.05) is 6.54 Å². The fraction of sp³-hybridized carbons (Fsp3) is 0.643. The van der Waals surface area contributed by atoms with E-state index in [1.54, 1.807) is 0 Å². The molecule has 0 spiro atoms. The van der Waals surface area contributed by atoms with Gasteiger partial charge in [0.05, 0.1) is 10.4 Å². The summed E-state index contributed by atoms with van der Waals surface area (Å²) in [5.41, 5.74) is 0. The quantitative estimate of drug-likeness (QED) is 0.774. The topological polar surface area (TPSA) is 49.3 Å². The first-order valence-corrected chi connectivity index (χ1v) is 7.95. The maximum atomic E-state index is 11.7. The Labute approximate surface area is 124 Å². The second-order valence-corrected chi connectivity index (χ2v) is 6.45. The highest BCUT2D eigenvalue weighted by Gasteiger charge is 2.16. The van der Waals surface area contributed by atoms with E-state index >= 15 is 0 Å². The van der Waals surface area contributed by atoms with Crippen molar-refractivity contribution in [3.8, 4) is 0 Å². The lowest BCUT2D eigenvalue weighted by Crippen LogP contribution is -2.36. The van der Waals surface area contributed by atoms with Gasteiger partial charge in [-0.1, -0.05) is 38.3 Å². The normalized spacial score (nSPS) is 12.7. The van der Waals surface area contributed by atoms with E-state index in [-0.39, 0.29) is 11.8 Å². The summed E-state index contributed by atoms with van der Waals surface area (Å²) in [6.45, 7) is 4.45. The third-order valence-corrected chi connectivity index (χ3v) is 4.62. The summed E-state index contributed by atoms with van der Waals surface area (Å²) >= 11 is 7.33. The molecule has 19 heavy (non-hydrogen) atoms. The largest absolute Gasteiger partial charge is 0.391 e. The Bertz CT molecular complexity index is 391. The first-order chi connectivity index (χ1) is 9.06. The Balaban J connectivity index is 2.24. The van der Waals surface area contributed by atoms with Crippen molar-refractivity contribution in [3.05, 3.63) is 21.3 Å². The number of hydrogen-bond acceptors (Lipinski definition) is 3. The van der Waals surface area contributed by atoms with Crippen molar-refractivity contribution < 1.29 is 9.90 Å². The molecule has 1 heterocycles. The highest BCUT2D eigenvalue weighted by atomic mass is 35.5. The van der Waals surface area contributed by atoms with E-state index in [4.69, 9.17) is 11.6 Å². The molecule has 1 aromatic heterocycles. The van der Waals surface area contributed by atoms with E-state index in [0.717, 1.165) is 22.1 Å². The van der Waals surface area contributed by atoms with Crippen LogP contribution < -0.4 is 5.32 Å². The summed E-state index contributed by atoms with van der Waals surface area (Å²) in [5.74, 6) is 0.242. The maximum Gasteiger partial charge on any atom is 0.220 e. The number of carbonyl (C=O) groups is 1. The zero-order chi connectivity index (χ0) is 14.3. The van der Waals surface area contributed by atoms with Crippen LogP contribution in [0, 0.1) is 5.92 Å². The molecule has 5 heteroatoms. The predicted molar refractivity (Wildman–Crippen MR) is 80.7 cm³/mol.